The molecule has 0 aromatic rings. The van der Waals surface area contributed by atoms with Crippen molar-refractivity contribution in [3.8, 4) is 0 Å². The maximum absolute atomic E-state index is 12.2. The largest absolute Gasteiger partial charge is 0.465 e. The minimum absolute atomic E-state index is 0.0440. The van der Waals surface area contributed by atoms with Crippen LogP contribution < -0.4 is 0 Å². The van der Waals surface area contributed by atoms with Crippen LogP contribution >= 0.6 is 0 Å². The first-order chi connectivity index (χ1) is 13.5. The smallest absolute Gasteiger partial charge is 0.309 e. The summed E-state index contributed by atoms with van der Waals surface area (Å²) in [5.74, 6) is 0.366. The van der Waals surface area contributed by atoms with Crippen molar-refractivity contribution in [3.05, 3.63) is 0 Å². The molecule has 0 amide bonds. The highest BCUT2D eigenvalue weighted by molar-refractivity contribution is 5.73. The second-order valence-corrected chi connectivity index (χ2v) is 9.17. The van der Waals surface area contributed by atoms with Crippen molar-refractivity contribution in [1.29, 1.82) is 0 Å². The van der Waals surface area contributed by atoms with Crippen LogP contribution in [-0.2, 0) is 19.1 Å². The second kappa shape index (κ2) is 10.6. The Bertz CT molecular complexity index is 505. The van der Waals surface area contributed by atoms with Gasteiger partial charge in [0, 0.05) is 0 Å². The third-order valence-corrected chi connectivity index (χ3v) is 6.90. The Labute approximate surface area is 168 Å². The molecule has 0 spiro atoms. The number of ether oxygens (including phenoxy) is 2. The molecule has 3 saturated carbocycles. The quantitative estimate of drug-likeness (QED) is 0.671. The van der Waals surface area contributed by atoms with Gasteiger partial charge >= 0.3 is 11.9 Å². The number of rotatable bonds is 6. The monoisotopic (exact) mass is 396 g/mol. The van der Waals surface area contributed by atoms with Crippen molar-refractivity contribution in [2.45, 2.75) is 89.3 Å². The molecule has 3 fully saturated rings. The first kappa shape index (κ1) is 21.6. The Morgan fingerprint density at radius 3 is 1.71 bits per heavy atom. The van der Waals surface area contributed by atoms with E-state index < -0.39 is 0 Å². The standard InChI is InChI=1S/C22H36O6/c23-19-10-8-17(9-11-19)21(25)27-13-15-4-6-16(7-5-15)14-28-22(26)18-2-1-3-20(24)12-18/h15-20,23-24H,1-14H2. The highest BCUT2D eigenvalue weighted by Crippen LogP contribution is 2.31. The fourth-order valence-corrected chi connectivity index (χ4v) is 4.89. The lowest BCUT2D eigenvalue weighted by atomic mass is 9.82. The van der Waals surface area contributed by atoms with E-state index in [-0.39, 0.29) is 36.0 Å². The van der Waals surface area contributed by atoms with Gasteiger partial charge in [0.1, 0.15) is 0 Å². The summed E-state index contributed by atoms with van der Waals surface area (Å²) in [7, 11) is 0. The summed E-state index contributed by atoms with van der Waals surface area (Å²) in [6.45, 7) is 0.965. The molecule has 2 N–H and O–H groups in total. The molecule has 3 rings (SSSR count). The fourth-order valence-electron chi connectivity index (χ4n) is 4.89. The summed E-state index contributed by atoms with van der Waals surface area (Å²) >= 11 is 0. The summed E-state index contributed by atoms with van der Waals surface area (Å²) < 4.78 is 11.1. The lowest BCUT2D eigenvalue weighted by Gasteiger charge is -2.30. The van der Waals surface area contributed by atoms with Gasteiger partial charge in [0.2, 0.25) is 0 Å². The molecule has 0 aromatic heterocycles. The number of carbonyl (C=O) groups excluding carboxylic acids is 2. The van der Waals surface area contributed by atoms with Crippen LogP contribution in [0, 0.1) is 23.7 Å². The van der Waals surface area contributed by atoms with Crippen molar-refractivity contribution in [1.82, 2.24) is 0 Å². The summed E-state index contributed by atoms with van der Waals surface area (Å²) in [4.78, 5) is 24.4. The minimum Gasteiger partial charge on any atom is -0.465 e. The van der Waals surface area contributed by atoms with Gasteiger partial charge in [-0.25, -0.2) is 0 Å². The fraction of sp³-hybridized carbons (Fsp3) is 0.909. The van der Waals surface area contributed by atoms with Crippen molar-refractivity contribution in [2.24, 2.45) is 23.7 Å². The van der Waals surface area contributed by atoms with Gasteiger partial charge in [-0.3, -0.25) is 9.59 Å². The van der Waals surface area contributed by atoms with E-state index in [1.165, 1.54) is 0 Å². The van der Waals surface area contributed by atoms with E-state index >= 15 is 0 Å². The molecule has 28 heavy (non-hydrogen) atoms. The molecular formula is C22H36O6. The van der Waals surface area contributed by atoms with Gasteiger partial charge in [-0.2, -0.15) is 0 Å². The molecule has 6 nitrogen and oxygen atoms in total. The molecule has 0 aliphatic heterocycles. The molecule has 0 bridgehead atoms. The Hall–Kier alpha value is -1.14. The summed E-state index contributed by atoms with van der Waals surface area (Å²) in [5, 5.41) is 19.2. The Balaban J connectivity index is 1.28. The number of hydrogen-bond acceptors (Lipinski definition) is 6. The predicted molar refractivity (Wildman–Crippen MR) is 103 cm³/mol. The zero-order chi connectivity index (χ0) is 19.9. The van der Waals surface area contributed by atoms with Crippen LogP contribution in [0.5, 0.6) is 0 Å². The van der Waals surface area contributed by atoms with Crippen molar-refractivity contribution in [2.75, 3.05) is 13.2 Å². The number of aliphatic hydroxyl groups is 2. The maximum atomic E-state index is 12.2. The van der Waals surface area contributed by atoms with Gasteiger partial charge in [-0.15, -0.1) is 0 Å². The first-order valence-corrected chi connectivity index (χ1v) is 11.2. The SMILES string of the molecule is O=C(OCC1CCC(COC(=O)C2CCCC(O)C2)CC1)C1CCC(O)CC1. The molecule has 3 aliphatic rings. The van der Waals surface area contributed by atoms with E-state index in [1.54, 1.807) is 0 Å². The van der Waals surface area contributed by atoms with E-state index in [2.05, 4.69) is 0 Å². The van der Waals surface area contributed by atoms with Crippen LogP contribution in [-0.4, -0.2) is 47.6 Å². The third kappa shape index (κ3) is 6.45. The second-order valence-electron chi connectivity index (χ2n) is 9.17. The molecule has 6 heteroatoms. The highest BCUT2D eigenvalue weighted by atomic mass is 16.5. The van der Waals surface area contributed by atoms with Gasteiger partial charge < -0.3 is 19.7 Å². The molecule has 3 aliphatic carbocycles. The van der Waals surface area contributed by atoms with E-state index in [9.17, 15) is 19.8 Å². The Morgan fingerprint density at radius 1 is 0.643 bits per heavy atom. The molecule has 160 valence electrons. The number of aliphatic hydroxyl groups excluding tert-OH is 2. The van der Waals surface area contributed by atoms with Crippen molar-refractivity contribution >= 4 is 11.9 Å². The number of hydrogen-bond donors (Lipinski definition) is 2. The van der Waals surface area contributed by atoms with Gasteiger partial charge in [0.25, 0.3) is 0 Å². The summed E-state index contributed by atoms with van der Waals surface area (Å²) in [6, 6.07) is 0. The van der Waals surface area contributed by atoms with E-state index in [0.29, 0.717) is 44.3 Å². The van der Waals surface area contributed by atoms with Crippen LogP contribution in [0.1, 0.15) is 77.0 Å². The van der Waals surface area contributed by atoms with Crippen LogP contribution in [0.25, 0.3) is 0 Å². The third-order valence-electron chi connectivity index (χ3n) is 6.90. The average Bonchev–Trinajstić information content (AvgIpc) is 2.71. The Kier molecular flexibility index (Phi) is 8.15. The molecule has 0 aromatic carbocycles. The number of esters is 2. The summed E-state index contributed by atoms with van der Waals surface area (Å²) in [6.07, 6.45) is 9.30. The molecule has 2 atom stereocenters. The molecule has 0 heterocycles. The van der Waals surface area contributed by atoms with Crippen LogP contribution in [0.15, 0.2) is 0 Å². The highest BCUT2D eigenvalue weighted by Gasteiger charge is 2.30. The van der Waals surface area contributed by atoms with Gasteiger partial charge in [-0.1, -0.05) is 6.42 Å². The zero-order valence-electron chi connectivity index (χ0n) is 16.9. The van der Waals surface area contributed by atoms with Gasteiger partial charge in [0.15, 0.2) is 0 Å². The Morgan fingerprint density at radius 2 is 1.18 bits per heavy atom. The van der Waals surface area contributed by atoms with Crippen LogP contribution in [0.4, 0.5) is 0 Å². The maximum Gasteiger partial charge on any atom is 0.309 e. The van der Waals surface area contributed by atoms with E-state index in [1.807, 2.05) is 0 Å². The van der Waals surface area contributed by atoms with E-state index in [4.69, 9.17) is 9.47 Å². The lowest BCUT2D eigenvalue weighted by Crippen LogP contribution is -2.30. The van der Waals surface area contributed by atoms with Gasteiger partial charge in [0.05, 0.1) is 37.3 Å². The molecule has 2 unspecified atom stereocenters. The first-order valence-electron chi connectivity index (χ1n) is 11.2. The summed E-state index contributed by atoms with van der Waals surface area (Å²) in [5.41, 5.74) is 0. The minimum atomic E-state index is -0.358. The normalized spacial score (nSPS) is 36.5. The molecule has 0 saturated heterocycles. The predicted octanol–water partition coefficient (Wildman–Crippen LogP) is 2.98. The topological polar surface area (TPSA) is 93.1 Å². The zero-order valence-corrected chi connectivity index (χ0v) is 16.9. The van der Waals surface area contributed by atoms with Crippen LogP contribution in [0.3, 0.4) is 0 Å². The lowest BCUT2D eigenvalue weighted by molar-refractivity contribution is -0.154. The number of carbonyl (C=O) groups is 2. The molecule has 0 radical (unpaired) electrons. The van der Waals surface area contributed by atoms with Crippen LogP contribution in [0.2, 0.25) is 0 Å². The van der Waals surface area contributed by atoms with E-state index in [0.717, 1.165) is 57.8 Å². The molecular weight excluding hydrogens is 360 g/mol. The average molecular weight is 397 g/mol. The van der Waals surface area contributed by atoms with Crippen molar-refractivity contribution in [3.63, 3.8) is 0 Å². The van der Waals surface area contributed by atoms with Gasteiger partial charge in [-0.05, 0) is 82.5 Å². The van der Waals surface area contributed by atoms with Crippen molar-refractivity contribution < 1.29 is 29.3 Å².